The molecule has 0 radical (unpaired) electrons. The van der Waals surface area contributed by atoms with E-state index >= 15 is 0 Å². The molecule has 1 aromatic heterocycles. The highest BCUT2D eigenvalue weighted by atomic mass is 16.1. The van der Waals surface area contributed by atoms with Crippen molar-refractivity contribution in [3.63, 3.8) is 0 Å². The van der Waals surface area contributed by atoms with Crippen molar-refractivity contribution in [3.8, 4) is 0 Å². The number of hydrogen-bond acceptors (Lipinski definition) is 2. The highest BCUT2D eigenvalue weighted by Crippen LogP contribution is 2.49. The van der Waals surface area contributed by atoms with Crippen LogP contribution in [0.5, 0.6) is 0 Å². The number of carbonyl (C=O) groups excluding carboxylic acids is 1. The molecule has 1 aliphatic rings. The number of rotatable bonds is 2. The van der Waals surface area contributed by atoms with Gasteiger partial charge in [-0.25, -0.2) is 0 Å². The molecule has 0 aliphatic heterocycles. The zero-order valence-electron chi connectivity index (χ0n) is 10.8. The van der Waals surface area contributed by atoms with E-state index in [1.807, 2.05) is 11.7 Å². The summed E-state index contributed by atoms with van der Waals surface area (Å²) in [6.45, 7) is 8.13. The highest BCUT2D eigenvalue weighted by Gasteiger charge is 2.51. The van der Waals surface area contributed by atoms with Gasteiger partial charge in [0.15, 0.2) is 0 Å². The average Bonchev–Trinajstić information content (AvgIpc) is 2.84. The minimum atomic E-state index is -0.217. The fourth-order valence-electron chi connectivity index (χ4n) is 2.20. The molecular formula is C13H20N2O. The fourth-order valence-corrected chi connectivity index (χ4v) is 2.20. The van der Waals surface area contributed by atoms with Crippen LogP contribution in [-0.4, -0.2) is 15.6 Å². The molecular weight excluding hydrogens is 200 g/mol. The van der Waals surface area contributed by atoms with Crippen LogP contribution in [0.1, 0.15) is 51.9 Å². The van der Waals surface area contributed by atoms with E-state index in [9.17, 15) is 4.79 Å². The van der Waals surface area contributed by atoms with Gasteiger partial charge in [0.1, 0.15) is 5.78 Å². The molecule has 16 heavy (non-hydrogen) atoms. The minimum Gasteiger partial charge on any atom is -0.299 e. The zero-order valence-corrected chi connectivity index (χ0v) is 10.8. The maximum atomic E-state index is 11.7. The van der Waals surface area contributed by atoms with Crippen molar-refractivity contribution in [2.24, 2.45) is 7.05 Å². The molecule has 0 spiro atoms. The van der Waals surface area contributed by atoms with Crippen LogP contribution in [0.3, 0.4) is 0 Å². The highest BCUT2D eigenvalue weighted by molar-refractivity contribution is 5.90. The van der Waals surface area contributed by atoms with Gasteiger partial charge in [0.05, 0.1) is 16.8 Å². The summed E-state index contributed by atoms with van der Waals surface area (Å²) >= 11 is 0. The van der Waals surface area contributed by atoms with Crippen LogP contribution < -0.4 is 0 Å². The van der Waals surface area contributed by atoms with Gasteiger partial charge in [-0.05, 0) is 25.8 Å². The molecule has 0 N–H and O–H groups in total. The summed E-state index contributed by atoms with van der Waals surface area (Å²) < 4.78 is 1.88. The second kappa shape index (κ2) is 3.19. The van der Waals surface area contributed by atoms with Gasteiger partial charge in [-0.2, -0.15) is 5.10 Å². The smallest absolute Gasteiger partial charge is 0.141 e. The van der Waals surface area contributed by atoms with E-state index in [1.165, 1.54) is 0 Å². The molecule has 1 saturated carbocycles. The van der Waals surface area contributed by atoms with Gasteiger partial charge in [-0.1, -0.05) is 20.8 Å². The molecule has 88 valence electrons. The summed E-state index contributed by atoms with van der Waals surface area (Å²) in [5.41, 5.74) is 1.98. The Balaban J connectivity index is 2.44. The number of Topliss-reactive ketones (excluding diaryl/α,β-unsaturated/α-hetero) is 1. The molecule has 0 aromatic carbocycles. The van der Waals surface area contributed by atoms with E-state index in [0.29, 0.717) is 0 Å². The first kappa shape index (κ1) is 11.4. The number of carbonyl (C=O) groups is 1. The van der Waals surface area contributed by atoms with Crippen LogP contribution in [0.25, 0.3) is 0 Å². The van der Waals surface area contributed by atoms with Gasteiger partial charge in [0.2, 0.25) is 0 Å². The van der Waals surface area contributed by atoms with Gasteiger partial charge < -0.3 is 0 Å². The van der Waals surface area contributed by atoms with Gasteiger partial charge in [0, 0.05) is 12.5 Å². The molecule has 2 rings (SSSR count). The monoisotopic (exact) mass is 220 g/mol. The molecule has 1 heterocycles. The molecule has 3 heteroatoms. The van der Waals surface area contributed by atoms with Crippen molar-refractivity contribution in [1.82, 2.24) is 9.78 Å². The Bertz CT molecular complexity index is 433. The van der Waals surface area contributed by atoms with E-state index < -0.39 is 0 Å². The third-order valence-electron chi connectivity index (χ3n) is 3.56. The maximum Gasteiger partial charge on any atom is 0.141 e. The van der Waals surface area contributed by atoms with Crippen molar-refractivity contribution in [2.45, 2.75) is 51.4 Å². The Labute approximate surface area is 96.8 Å². The molecule has 0 saturated heterocycles. The molecule has 1 aromatic rings. The normalized spacial score (nSPS) is 18.6. The Morgan fingerprint density at radius 2 is 2.00 bits per heavy atom. The Morgan fingerprint density at radius 1 is 1.44 bits per heavy atom. The first-order chi connectivity index (χ1) is 7.27. The number of nitrogens with zero attached hydrogens (tertiary/aromatic N) is 2. The van der Waals surface area contributed by atoms with Crippen molar-refractivity contribution >= 4 is 5.78 Å². The van der Waals surface area contributed by atoms with Gasteiger partial charge >= 0.3 is 0 Å². The van der Waals surface area contributed by atoms with Crippen LogP contribution >= 0.6 is 0 Å². The Morgan fingerprint density at radius 3 is 2.31 bits per heavy atom. The summed E-state index contributed by atoms with van der Waals surface area (Å²) in [6, 6.07) is 2.11. The summed E-state index contributed by atoms with van der Waals surface area (Å²) in [7, 11) is 1.94. The van der Waals surface area contributed by atoms with E-state index in [2.05, 4.69) is 31.9 Å². The SMILES string of the molecule is CC(=O)C1(c2cc(C(C)(C)C)nn2C)CC1. The van der Waals surface area contributed by atoms with Crippen molar-refractivity contribution < 1.29 is 4.79 Å². The van der Waals surface area contributed by atoms with E-state index in [0.717, 1.165) is 24.2 Å². The lowest BCUT2D eigenvalue weighted by Gasteiger charge is -2.14. The molecule has 1 fully saturated rings. The molecule has 0 atom stereocenters. The third-order valence-corrected chi connectivity index (χ3v) is 3.56. The molecule has 3 nitrogen and oxygen atoms in total. The van der Waals surface area contributed by atoms with E-state index in [4.69, 9.17) is 0 Å². The number of hydrogen-bond donors (Lipinski definition) is 0. The van der Waals surface area contributed by atoms with Crippen molar-refractivity contribution in [2.75, 3.05) is 0 Å². The summed E-state index contributed by atoms with van der Waals surface area (Å²) in [5.74, 6) is 0.274. The van der Waals surface area contributed by atoms with Gasteiger partial charge in [-0.3, -0.25) is 9.48 Å². The largest absolute Gasteiger partial charge is 0.299 e. The first-order valence-corrected chi connectivity index (χ1v) is 5.83. The quantitative estimate of drug-likeness (QED) is 0.766. The molecule has 0 amide bonds. The molecule has 1 aliphatic carbocycles. The average molecular weight is 220 g/mol. The van der Waals surface area contributed by atoms with Crippen LogP contribution in [0.4, 0.5) is 0 Å². The lowest BCUT2D eigenvalue weighted by atomic mass is 9.90. The number of ketones is 1. The van der Waals surface area contributed by atoms with E-state index in [-0.39, 0.29) is 16.6 Å². The molecule has 0 bridgehead atoms. The van der Waals surface area contributed by atoms with Gasteiger partial charge in [0.25, 0.3) is 0 Å². The van der Waals surface area contributed by atoms with Crippen molar-refractivity contribution in [3.05, 3.63) is 17.5 Å². The maximum absolute atomic E-state index is 11.7. The lowest BCUT2D eigenvalue weighted by Crippen LogP contribution is -2.20. The Kier molecular flexibility index (Phi) is 2.26. The predicted molar refractivity (Wildman–Crippen MR) is 63.5 cm³/mol. The van der Waals surface area contributed by atoms with E-state index in [1.54, 1.807) is 6.92 Å². The summed E-state index contributed by atoms with van der Waals surface area (Å²) in [5, 5.41) is 4.54. The minimum absolute atomic E-state index is 0.0445. The standard InChI is InChI=1S/C13H20N2O/c1-9(16)13(6-7-13)11-8-10(12(2,3)4)14-15(11)5/h8H,6-7H2,1-5H3. The summed E-state index contributed by atoms with van der Waals surface area (Å²) in [4.78, 5) is 11.7. The topological polar surface area (TPSA) is 34.9 Å². The first-order valence-electron chi connectivity index (χ1n) is 5.83. The predicted octanol–water partition coefficient (Wildman–Crippen LogP) is 2.34. The van der Waals surface area contributed by atoms with Crippen LogP contribution in [0.2, 0.25) is 0 Å². The second-order valence-electron chi connectivity index (χ2n) is 5.93. The van der Waals surface area contributed by atoms with Crippen LogP contribution in [0.15, 0.2) is 6.07 Å². The number of aryl methyl sites for hydroxylation is 1. The fraction of sp³-hybridized carbons (Fsp3) is 0.692. The number of aromatic nitrogens is 2. The van der Waals surface area contributed by atoms with Crippen LogP contribution in [-0.2, 0) is 22.7 Å². The van der Waals surface area contributed by atoms with Crippen molar-refractivity contribution in [1.29, 1.82) is 0 Å². The molecule has 0 unspecified atom stereocenters. The Hall–Kier alpha value is -1.12. The second-order valence-corrected chi connectivity index (χ2v) is 5.93. The van der Waals surface area contributed by atoms with Crippen LogP contribution in [0, 0.1) is 0 Å². The third kappa shape index (κ3) is 1.58. The van der Waals surface area contributed by atoms with Gasteiger partial charge in [-0.15, -0.1) is 0 Å². The lowest BCUT2D eigenvalue weighted by molar-refractivity contribution is -0.119. The summed E-state index contributed by atoms with van der Waals surface area (Å²) in [6.07, 6.45) is 1.96. The zero-order chi connectivity index (χ0) is 12.1.